The Kier molecular flexibility index (Phi) is 5.57. The first-order valence-corrected chi connectivity index (χ1v) is 8.12. The van der Waals surface area contributed by atoms with Crippen LogP contribution in [0.5, 0.6) is 0 Å². The number of nitrogens with zero attached hydrogens (tertiary/aromatic N) is 2. The van der Waals surface area contributed by atoms with E-state index in [1.165, 1.54) is 22.6 Å². The van der Waals surface area contributed by atoms with Gasteiger partial charge in [0.25, 0.3) is 5.91 Å². The molecule has 4 nitrogen and oxygen atoms in total. The van der Waals surface area contributed by atoms with Crippen molar-refractivity contribution in [3.63, 3.8) is 0 Å². The van der Waals surface area contributed by atoms with Crippen molar-refractivity contribution in [3.8, 4) is 0 Å². The lowest BCUT2D eigenvalue weighted by Crippen LogP contribution is -2.34. The molecule has 0 saturated carbocycles. The lowest BCUT2D eigenvalue weighted by atomic mass is 10.1. The molecule has 2 rings (SSSR count). The molecule has 118 valence electrons. The lowest BCUT2D eigenvalue weighted by Gasteiger charge is -2.25. The third-order valence-electron chi connectivity index (χ3n) is 3.62. The van der Waals surface area contributed by atoms with Crippen molar-refractivity contribution in [3.05, 3.63) is 52.2 Å². The molecule has 0 unspecified atom stereocenters. The van der Waals surface area contributed by atoms with Gasteiger partial charge in [0.1, 0.15) is 0 Å². The second-order valence-electron chi connectivity index (χ2n) is 5.65. The maximum Gasteiger partial charge on any atom is 0.261 e. The van der Waals surface area contributed by atoms with Gasteiger partial charge in [-0.1, -0.05) is 18.2 Å². The first-order valence-electron chi connectivity index (χ1n) is 7.24. The van der Waals surface area contributed by atoms with E-state index in [4.69, 9.17) is 0 Å². The Morgan fingerprint density at radius 2 is 1.82 bits per heavy atom. The van der Waals surface area contributed by atoms with Crippen molar-refractivity contribution in [2.45, 2.75) is 6.04 Å². The molecule has 2 aromatic rings. The second-order valence-corrected chi connectivity index (χ2v) is 6.60. The fourth-order valence-corrected chi connectivity index (χ4v) is 2.92. The maximum atomic E-state index is 12.1. The molecule has 0 bridgehead atoms. The van der Waals surface area contributed by atoms with Crippen molar-refractivity contribution in [2.75, 3.05) is 39.6 Å². The zero-order valence-electron chi connectivity index (χ0n) is 13.5. The van der Waals surface area contributed by atoms with Crippen LogP contribution < -0.4 is 10.2 Å². The number of hydrogen-bond donors (Lipinski definition) is 1. The minimum absolute atomic E-state index is 0.00763. The number of nitrogens with one attached hydrogen (secondary N) is 1. The van der Waals surface area contributed by atoms with Crippen LogP contribution in [0.2, 0.25) is 0 Å². The number of thiophene rings is 1. The van der Waals surface area contributed by atoms with Gasteiger partial charge in [0.15, 0.2) is 0 Å². The monoisotopic (exact) mass is 317 g/mol. The first kappa shape index (κ1) is 16.5. The van der Waals surface area contributed by atoms with Crippen molar-refractivity contribution in [1.82, 2.24) is 10.2 Å². The van der Waals surface area contributed by atoms with Crippen LogP contribution in [0.3, 0.4) is 0 Å². The van der Waals surface area contributed by atoms with Crippen LogP contribution >= 0.6 is 11.3 Å². The minimum Gasteiger partial charge on any atom is -0.378 e. The molecule has 0 aliphatic heterocycles. The van der Waals surface area contributed by atoms with Crippen molar-refractivity contribution < 1.29 is 4.79 Å². The summed E-state index contributed by atoms with van der Waals surface area (Å²) < 4.78 is 0. The van der Waals surface area contributed by atoms with Crippen LogP contribution in [-0.2, 0) is 0 Å². The summed E-state index contributed by atoms with van der Waals surface area (Å²) in [6.45, 7) is 0.588. The van der Waals surface area contributed by atoms with Gasteiger partial charge in [-0.3, -0.25) is 4.79 Å². The fraction of sp³-hybridized carbons (Fsp3) is 0.353. The zero-order chi connectivity index (χ0) is 16.1. The molecule has 0 aliphatic carbocycles. The Balaban J connectivity index is 2.05. The van der Waals surface area contributed by atoms with E-state index in [0.717, 1.165) is 4.88 Å². The van der Waals surface area contributed by atoms with Crippen LogP contribution in [0.4, 0.5) is 5.69 Å². The minimum atomic E-state index is -0.00763. The van der Waals surface area contributed by atoms with E-state index in [-0.39, 0.29) is 11.9 Å². The van der Waals surface area contributed by atoms with Crippen molar-refractivity contribution in [2.24, 2.45) is 0 Å². The Labute approximate surface area is 136 Å². The lowest BCUT2D eigenvalue weighted by molar-refractivity contribution is 0.0946. The molecule has 0 saturated heterocycles. The summed E-state index contributed by atoms with van der Waals surface area (Å²) >= 11 is 1.46. The molecule has 1 amide bonds. The van der Waals surface area contributed by atoms with E-state index < -0.39 is 0 Å². The van der Waals surface area contributed by atoms with Gasteiger partial charge in [-0.2, -0.15) is 0 Å². The number of carbonyl (C=O) groups is 1. The number of rotatable bonds is 6. The van der Waals surface area contributed by atoms with E-state index in [0.29, 0.717) is 6.54 Å². The predicted octanol–water partition coefficient (Wildman–Crippen LogP) is 2.85. The van der Waals surface area contributed by atoms with E-state index in [1.54, 1.807) is 0 Å². The number of hydrogen-bond acceptors (Lipinski definition) is 4. The third-order valence-corrected chi connectivity index (χ3v) is 4.49. The van der Waals surface area contributed by atoms with Gasteiger partial charge in [0, 0.05) is 26.3 Å². The molecular formula is C17H23N3OS. The molecule has 22 heavy (non-hydrogen) atoms. The van der Waals surface area contributed by atoms with Crippen molar-refractivity contribution in [1.29, 1.82) is 0 Å². The Hall–Kier alpha value is -1.85. The largest absolute Gasteiger partial charge is 0.378 e. The highest BCUT2D eigenvalue weighted by Gasteiger charge is 2.16. The highest BCUT2D eigenvalue weighted by Crippen LogP contribution is 2.21. The number of anilines is 1. The van der Waals surface area contributed by atoms with E-state index in [1.807, 2.05) is 45.7 Å². The number of benzene rings is 1. The predicted molar refractivity (Wildman–Crippen MR) is 93.8 cm³/mol. The summed E-state index contributed by atoms with van der Waals surface area (Å²) in [5, 5.41) is 4.94. The molecule has 0 aliphatic rings. The maximum absolute atomic E-state index is 12.1. The van der Waals surface area contributed by atoms with Gasteiger partial charge < -0.3 is 15.1 Å². The second kappa shape index (κ2) is 7.42. The average Bonchev–Trinajstić information content (AvgIpc) is 3.01. The smallest absolute Gasteiger partial charge is 0.261 e. The molecule has 1 atom stereocenters. The van der Waals surface area contributed by atoms with Gasteiger partial charge in [-0.15, -0.1) is 11.3 Å². The molecular weight excluding hydrogens is 294 g/mol. The van der Waals surface area contributed by atoms with E-state index in [9.17, 15) is 4.79 Å². The molecule has 5 heteroatoms. The Morgan fingerprint density at radius 3 is 2.32 bits per heavy atom. The quantitative estimate of drug-likeness (QED) is 0.890. The van der Waals surface area contributed by atoms with Gasteiger partial charge >= 0.3 is 0 Å². The van der Waals surface area contributed by atoms with Gasteiger partial charge in [-0.25, -0.2) is 0 Å². The molecule has 0 spiro atoms. The Bertz CT molecular complexity index is 591. The summed E-state index contributed by atoms with van der Waals surface area (Å²) in [5.74, 6) is -0.00763. The highest BCUT2D eigenvalue weighted by molar-refractivity contribution is 7.12. The summed E-state index contributed by atoms with van der Waals surface area (Å²) in [6, 6.07) is 12.3. The first-order chi connectivity index (χ1) is 10.5. The van der Waals surface area contributed by atoms with Gasteiger partial charge in [0.2, 0.25) is 0 Å². The number of amides is 1. The molecule has 1 aromatic carbocycles. The van der Waals surface area contributed by atoms with Gasteiger partial charge in [-0.05, 0) is 43.2 Å². The normalized spacial score (nSPS) is 12.2. The topological polar surface area (TPSA) is 35.6 Å². The molecule has 1 N–H and O–H groups in total. The fourth-order valence-electron chi connectivity index (χ4n) is 2.28. The molecule has 0 radical (unpaired) electrons. The highest BCUT2D eigenvalue weighted by atomic mass is 32.1. The van der Waals surface area contributed by atoms with E-state index in [2.05, 4.69) is 39.4 Å². The van der Waals surface area contributed by atoms with Crippen LogP contribution in [0, 0.1) is 0 Å². The van der Waals surface area contributed by atoms with Crippen LogP contribution in [0.1, 0.15) is 21.3 Å². The number of likely N-dealkylation sites (N-methyl/N-ethyl adjacent to an activating group) is 1. The summed E-state index contributed by atoms with van der Waals surface area (Å²) in [7, 11) is 8.11. The average molecular weight is 317 g/mol. The Morgan fingerprint density at radius 1 is 1.14 bits per heavy atom. The van der Waals surface area contributed by atoms with E-state index >= 15 is 0 Å². The molecule has 1 aromatic heterocycles. The van der Waals surface area contributed by atoms with Crippen LogP contribution in [-0.4, -0.2) is 45.5 Å². The summed E-state index contributed by atoms with van der Waals surface area (Å²) in [6.07, 6.45) is 0. The third kappa shape index (κ3) is 4.08. The van der Waals surface area contributed by atoms with Crippen molar-refractivity contribution >= 4 is 22.9 Å². The number of carbonyl (C=O) groups excluding carboxylic acids is 1. The van der Waals surface area contributed by atoms with Gasteiger partial charge in [0.05, 0.1) is 10.9 Å². The summed E-state index contributed by atoms with van der Waals surface area (Å²) in [4.78, 5) is 17.0. The molecule has 1 heterocycles. The summed E-state index contributed by atoms with van der Waals surface area (Å²) in [5.41, 5.74) is 2.37. The molecule has 0 fully saturated rings. The zero-order valence-corrected chi connectivity index (χ0v) is 14.4. The van der Waals surface area contributed by atoms with Crippen LogP contribution in [0.15, 0.2) is 41.8 Å². The standard InChI is InChI=1S/C17H23N3OS/c1-19(2)14-9-7-13(8-10-14)15(20(3)4)12-18-17(21)16-6-5-11-22-16/h5-11,15H,12H2,1-4H3,(H,18,21)/t15-/m0/s1. The van der Waals surface area contributed by atoms with Crippen LogP contribution in [0.25, 0.3) is 0 Å². The SMILES string of the molecule is CN(C)c1ccc([C@H](CNC(=O)c2cccs2)N(C)C)cc1.